The summed E-state index contributed by atoms with van der Waals surface area (Å²) in [4.78, 5) is 15.4. The second-order valence-corrected chi connectivity index (χ2v) is 4.66. The number of carbonyl (C=O) groups excluding carboxylic acids is 1. The number of aromatic nitrogens is 1. The summed E-state index contributed by atoms with van der Waals surface area (Å²) < 4.78 is 0. The summed E-state index contributed by atoms with van der Waals surface area (Å²) in [6.07, 6.45) is 1.54. The zero-order valence-corrected chi connectivity index (χ0v) is 10.2. The van der Waals surface area contributed by atoms with E-state index in [-0.39, 0.29) is 23.7 Å². The summed E-state index contributed by atoms with van der Waals surface area (Å²) in [5.41, 5.74) is 0.598. The summed E-state index contributed by atoms with van der Waals surface area (Å²) in [5.74, 6) is -0.120. The van der Waals surface area contributed by atoms with Crippen molar-refractivity contribution in [3.05, 3.63) is 24.0 Å². The van der Waals surface area contributed by atoms with Crippen LogP contribution < -0.4 is 10.6 Å². The largest absolute Gasteiger partial charge is 0.374 e. The van der Waals surface area contributed by atoms with Gasteiger partial charge in [-0.3, -0.25) is 4.79 Å². The molecule has 5 heteroatoms. The van der Waals surface area contributed by atoms with E-state index in [0.29, 0.717) is 5.69 Å². The average Bonchev–Trinajstić information content (AvgIpc) is 2.24. The highest BCUT2D eigenvalue weighted by molar-refractivity contribution is 5.81. The van der Waals surface area contributed by atoms with Crippen molar-refractivity contribution in [2.45, 2.75) is 26.3 Å². The SMILES string of the molecule is CC(C)(C)NC(=O)CNc1cccnc1C#N. The van der Waals surface area contributed by atoms with E-state index in [9.17, 15) is 4.79 Å². The van der Waals surface area contributed by atoms with E-state index in [1.807, 2.05) is 26.8 Å². The average molecular weight is 232 g/mol. The van der Waals surface area contributed by atoms with Gasteiger partial charge in [-0.2, -0.15) is 5.26 Å². The first kappa shape index (κ1) is 13.0. The molecular formula is C12H16N4O. The summed E-state index contributed by atoms with van der Waals surface area (Å²) in [5, 5.41) is 14.5. The number of nitriles is 1. The Balaban J connectivity index is 2.57. The van der Waals surface area contributed by atoms with Crippen LogP contribution in [0.5, 0.6) is 0 Å². The first-order valence-corrected chi connectivity index (χ1v) is 5.32. The van der Waals surface area contributed by atoms with E-state index in [2.05, 4.69) is 15.6 Å². The molecule has 0 aromatic carbocycles. The fraction of sp³-hybridized carbons (Fsp3) is 0.417. The number of nitrogens with zero attached hydrogens (tertiary/aromatic N) is 2. The van der Waals surface area contributed by atoms with E-state index in [4.69, 9.17) is 5.26 Å². The van der Waals surface area contributed by atoms with Gasteiger partial charge in [0.2, 0.25) is 5.91 Å². The third-order valence-corrected chi connectivity index (χ3v) is 1.87. The molecule has 1 amide bonds. The van der Waals surface area contributed by atoms with Gasteiger partial charge in [0.05, 0.1) is 12.2 Å². The van der Waals surface area contributed by atoms with Gasteiger partial charge in [0.15, 0.2) is 5.69 Å². The van der Waals surface area contributed by atoms with E-state index in [1.165, 1.54) is 0 Å². The number of pyridine rings is 1. The Kier molecular flexibility index (Phi) is 4.05. The fourth-order valence-corrected chi connectivity index (χ4v) is 1.28. The predicted octanol–water partition coefficient (Wildman–Crippen LogP) is 1.28. The lowest BCUT2D eigenvalue weighted by Gasteiger charge is -2.20. The molecule has 0 fully saturated rings. The molecule has 0 unspecified atom stereocenters. The van der Waals surface area contributed by atoms with Gasteiger partial charge in [-0.15, -0.1) is 0 Å². The van der Waals surface area contributed by atoms with Crippen LogP contribution >= 0.6 is 0 Å². The minimum absolute atomic E-state index is 0.120. The topological polar surface area (TPSA) is 77.8 Å². The van der Waals surface area contributed by atoms with Gasteiger partial charge in [0, 0.05) is 11.7 Å². The van der Waals surface area contributed by atoms with Gasteiger partial charge in [0.1, 0.15) is 6.07 Å². The second kappa shape index (κ2) is 5.30. The van der Waals surface area contributed by atoms with Gasteiger partial charge in [0.25, 0.3) is 0 Å². The molecular weight excluding hydrogens is 216 g/mol. The van der Waals surface area contributed by atoms with Crippen molar-refractivity contribution in [3.8, 4) is 6.07 Å². The Morgan fingerprint density at radius 2 is 2.24 bits per heavy atom. The number of hydrogen-bond donors (Lipinski definition) is 2. The van der Waals surface area contributed by atoms with Crippen LogP contribution in [0.25, 0.3) is 0 Å². The molecule has 1 rings (SSSR count). The van der Waals surface area contributed by atoms with Gasteiger partial charge < -0.3 is 10.6 Å². The van der Waals surface area contributed by atoms with Crippen molar-refractivity contribution in [2.75, 3.05) is 11.9 Å². The molecule has 17 heavy (non-hydrogen) atoms. The van der Waals surface area contributed by atoms with Crippen LogP contribution in [0, 0.1) is 11.3 Å². The standard InChI is InChI=1S/C12H16N4O/c1-12(2,3)16-11(17)8-15-9-5-4-6-14-10(9)7-13/h4-6,15H,8H2,1-3H3,(H,16,17). The predicted molar refractivity (Wildman–Crippen MR) is 65.3 cm³/mol. The summed E-state index contributed by atoms with van der Waals surface area (Å²) in [6, 6.07) is 5.39. The van der Waals surface area contributed by atoms with Crippen LogP contribution in [0.2, 0.25) is 0 Å². The normalized spacial score (nSPS) is 10.5. The Bertz CT molecular complexity index is 443. The van der Waals surface area contributed by atoms with Gasteiger partial charge in [-0.25, -0.2) is 4.98 Å². The maximum atomic E-state index is 11.6. The van der Waals surface area contributed by atoms with Crippen LogP contribution in [0.15, 0.2) is 18.3 Å². The van der Waals surface area contributed by atoms with E-state index in [0.717, 1.165) is 0 Å². The van der Waals surface area contributed by atoms with Crippen molar-refractivity contribution in [2.24, 2.45) is 0 Å². The molecule has 0 aliphatic carbocycles. The van der Waals surface area contributed by atoms with Crippen molar-refractivity contribution in [3.63, 3.8) is 0 Å². The molecule has 1 heterocycles. The minimum Gasteiger partial charge on any atom is -0.374 e. The van der Waals surface area contributed by atoms with E-state index >= 15 is 0 Å². The Labute approximate surface area is 101 Å². The van der Waals surface area contributed by atoms with Crippen molar-refractivity contribution in [1.82, 2.24) is 10.3 Å². The minimum atomic E-state index is -0.258. The molecule has 90 valence electrons. The Morgan fingerprint density at radius 3 is 2.82 bits per heavy atom. The maximum absolute atomic E-state index is 11.6. The Hall–Kier alpha value is -2.09. The van der Waals surface area contributed by atoms with Gasteiger partial charge in [-0.05, 0) is 32.9 Å². The van der Waals surface area contributed by atoms with Crippen LogP contribution in [-0.4, -0.2) is 23.0 Å². The molecule has 2 N–H and O–H groups in total. The lowest BCUT2D eigenvalue weighted by Crippen LogP contribution is -2.43. The highest BCUT2D eigenvalue weighted by atomic mass is 16.2. The van der Waals surface area contributed by atoms with Crippen LogP contribution in [-0.2, 0) is 4.79 Å². The number of anilines is 1. The molecule has 1 aromatic rings. The second-order valence-electron chi connectivity index (χ2n) is 4.66. The molecule has 0 atom stereocenters. The first-order valence-electron chi connectivity index (χ1n) is 5.32. The van der Waals surface area contributed by atoms with Gasteiger partial charge in [-0.1, -0.05) is 0 Å². The van der Waals surface area contributed by atoms with Crippen molar-refractivity contribution in [1.29, 1.82) is 5.26 Å². The summed E-state index contributed by atoms with van der Waals surface area (Å²) >= 11 is 0. The van der Waals surface area contributed by atoms with Crippen molar-refractivity contribution < 1.29 is 4.79 Å². The maximum Gasteiger partial charge on any atom is 0.239 e. The third-order valence-electron chi connectivity index (χ3n) is 1.87. The number of amides is 1. The summed E-state index contributed by atoms with van der Waals surface area (Å²) in [7, 11) is 0. The molecule has 0 saturated carbocycles. The Morgan fingerprint density at radius 1 is 1.53 bits per heavy atom. The highest BCUT2D eigenvalue weighted by Gasteiger charge is 2.13. The van der Waals surface area contributed by atoms with E-state index < -0.39 is 0 Å². The molecule has 1 aromatic heterocycles. The zero-order valence-electron chi connectivity index (χ0n) is 10.2. The molecule has 0 spiro atoms. The van der Waals surface area contributed by atoms with Crippen LogP contribution in [0.4, 0.5) is 5.69 Å². The fourth-order valence-electron chi connectivity index (χ4n) is 1.28. The molecule has 0 saturated heterocycles. The molecule has 0 aliphatic heterocycles. The zero-order chi connectivity index (χ0) is 12.9. The van der Waals surface area contributed by atoms with Crippen LogP contribution in [0.3, 0.4) is 0 Å². The third kappa shape index (κ3) is 4.51. The van der Waals surface area contributed by atoms with Crippen molar-refractivity contribution >= 4 is 11.6 Å². The molecule has 5 nitrogen and oxygen atoms in total. The lowest BCUT2D eigenvalue weighted by molar-refractivity contribution is -0.120. The molecule has 0 aliphatic rings. The van der Waals surface area contributed by atoms with Crippen LogP contribution in [0.1, 0.15) is 26.5 Å². The molecule has 0 radical (unpaired) electrons. The highest BCUT2D eigenvalue weighted by Crippen LogP contribution is 2.09. The monoisotopic (exact) mass is 232 g/mol. The summed E-state index contributed by atoms with van der Waals surface area (Å²) in [6.45, 7) is 5.86. The van der Waals surface area contributed by atoms with Gasteiger partial charge >= 0.3 is 0 Å². The van der Waals surface area contributed by atoms with E-state index in [1.54, 1.807) is 18.3 Å². The first-order chi connectivity index (χ1) is 7.92. The number of hydrogen-bond acceptors (Lipinski definition) is 4. The molecule has 0 bridgehead atoms. The number of nitrogens with one attached hydrogen (secondary N) is 2. The smallest absolute Gasteiger partial charge is 0.239 e. The quantitative estimate of drug-likeness (QED) is 0.823. The number of rotatable bonds is 3. The number of carbonyl (C=O) groups is 1. The lowest BCUT2D eigenvalue weighted by atomic mass is 10.1.